The van der Waals surface area contributed by atoms with Crippen LogP contribution in [0, 0.1) is 18.3 Å². The maximum Gasteiger partial charge on any atom is 0.238 e. The monoisotopic (exact) mass is 326 g/mol. The van der Waals surface area contributed by atoms with Crippen molar-refractivity contribution in [1.29, 1.82) is 5.26 Å². The van der Waals surface area contributed by atoms with Gasteiger partial charge in [0.05, 0.1) is 6.54 Å². The second-order valence-corrected chi connectivity index (χ2v) is 5.37. The second kappa shape index (κ2) is 7.85. The van der Waals surface area contributed by atoms with Gasteiger partial charge in [0.25, 0.3) is 0 Å². The smallest absolute Gasteiger partial charge is 0.238 e. The largest absolute Gasteiger partial charge is 0.360 e. The van der Waals surface area contributed by atoms with Crippen LogP contribution < -0.4 is 10.6 Å². The van der Waals surface area contributed by atoms with E-state index in [2.05, 4.69) is 31.3 Å². The van der Waals surface area contributed by atoms with Crippen LogP contribution in [0.2, 0.25) is 0 Å². The molecule has 2 rings (SSSR count). The lowest BCUT2D eigenvalue weighted by Gasteiger charge is -2.12. The van der Waals surface area contributed by atoms with Crippen LogP contribution in [0.15, 0.2) is 24.4 Å². The molecule has 0 aliphatic heterocycles. The van der Waals surface area contributed by atoms with Gasteiger partial charge in [-0.05, 0) is 43.9 Å². The van der Waals surface area contributed by atoms with E-state index in [-0.39, 0.29) is 17.3 Å². The van der Waals surface area contributed by atoms with E-state index in [0.717, 1.165) is 11.3 Å². The number of nitrogens with zero attached hydrogens (tertiary/aromatic N) is 5. The van der Waals surface area contributed by atoms with Crippen molar-refractivity contribution in [3.05, 3.63) is 35.8 Å². The fraction of sp³-hybridized carbons (Fsp3) is 0.267. The minimum absolute atomic E-state index is 0.102. The molecule has 2 aromatic rings. The van der Waals surface area contributed by atoms with Gasteiger partial charge in [0.2, 0.25) is 11.7 Å². The molecule has 0 aliphatic rings. The van der Waals surface area contributed by atoms with E-state index in [9.17, 15) is 4.79 Å². The summed E-state index contributed by atoms with van der Waals surface area (Å²) in [5, 5.41) is 28.3. The second-order valence-electron chi connectivity index (χ2n) is 5.37. The van der Waals surface area contributed by atoms with Crippen LogP contribution in [0.25, 0.3) is 5.57 Å². The van der Waals surface area contributed by atoms with Gasteiger partial charge < -0.3 is 15.5 Å². The first-order valence-corrected chi connectivity index (χ1v) is 7.15. The van der Waals surface area contributed by atoms with Gasteiger partial charge in [-0.15, -0.1) is 10.2 Å². The van der Waals surface area contributed by atoms with Gasteiger partial charge in [-0.2, -0.15) is 10.5 Å². The minimum atomic E-state index is -0.102. The summed E-state index contributed by atoms with van der Waals surface area (Å²) in [4.78, 5) is 13.6. The minimum Gasteiger partial charge on any atom is -0.360 e. The number of nitrogens with one attached hydrogen (secondary N) is 3. The van der Waals surface area contributed by atoms with Crippen molar-refractivity contribution in [2.24, 2.45) is 0 Å². The first-order valence-electron chi connectivity index (χ1n) is 7.15. The molecule has 9 nitrogen and oxygen atoms in total. The number of carbonyl (C=O) groups is 1. The summed E-state index contributed by atoms with van der Waals surface area (Å²) in [6, 6.07) is 7.50. The summed E-state index contributed by atoms with van der Waals surface area (Å²) in [5.74, 6) is 0.105. The SMILES string of the molecule is Cc1ccc(NC(=O)CN(C)C)cc1NC=C(C#N)c1nn[nH]n1. The van der Waals surface area contributed by atoms with Crippen molar-refractivity contribution in [3.63, 3.8) is 0 Å². The Labute approximate surface area is 139 Å². The van der Waals surface area contributed by atoms with Crippen LogP contribution in [0.5, 0.6) is 0 Å². The molecule has 24 heavy (non-hydrogen) atoms. The van der Waals surface area contributed by atoms with Crippen LogP contribution in [-0.4, -0.2) is 52.1 Å². The topological polar surface area (TPSA) is 123 Å². The Hall–Kier alpha value is -3.25. The third-order valence-electron chi connectivity index (χ3n) is 3.06. The van der Waals surface area contributed by atoms with Crippen LogP contribution in [0.4, 0.5) is 11.4 Å². The van der Waals surface area contributed by atoms with Crippen molar-refractivity contribution < 1.29 is 4.79 Å². The number of hydrogen-bond donors (Lipinski definition) is 3. The van der Waals surface area contributed by atoms with Gasteiger partial charge in [-0.1, -0.05) is 6.07 Å². The average molecular weight is 326 g/mol. The standard InChI is InChI=1S/C15H18N8O/c1-10-4-5-12(18-14(24)9-23(2)3)6-13(10)17-8-11(7-16)15-19-21-22-20-15/h4-6,8,17H,9H2,1-3H3,(H,18,24)(H,19,20,21,22). The van der Waals surface area contributed by atoms with Gasteiger partial charge in [0.1, 0.15) is 11.6 Å². The van der Waals surface area contributed by atoms with Crippen molar-refractivity contribution in [2.75, 3.05) is 31.3 Å². The number of likely N-dealkylation sites (N-methyl/N-ethyl adjacent to an activating group) is 1. The lowest BCUT2D eigenvalue weighted by Crippen LogP contribution is -2.27. The fourth-order valence-corrected chi connectivity index (χ4v) is 1.92. The molecule has 124 valence electrons. The molecule has 0 fully saturated rings. The molecule has 9 heteroatoms. The van der Waals surface area contributed by atoms with Crippen molar-refractivity contribution >= 4 is 22.9 Å². The summed E-state index contributed by atoms with van der Waals surface area (Å²) in [6.45, 7) is 2.22. The summed E-state index contributed by atoms with van der Waals surface area (Å²) in [5.41, 5.74) is 2.63. The molecular formula is C15H18N8O. The van der Waals surface area contributed by atoms with Gasteiger partial charge >= 0.3 is 0 Å². The van der Waals surface area contributed by atoms with E-state index in [1.54, 1.807) is 11.0 Å². The van der Waals surface area contributed by atoms with Crippen LogP contribution in [0.1, 0.15) is 11.4 Å². The van der Waals surface area contributed by atoms with Crippen molar-refractivity contribution in [1.82, 2.24) is 25.5 Å². The number of aryl methyl sites for hydroxylation is 1. The Balaban J connectivity index is 2.14. The Bertz CT molecular complexity index is 773. The zero-order chi connectivity index (χ0) is 17.5. The van der Waals surface area contributed by atoms with E-state index in [1.807, 2.05) is 39.2 Å². The van der Waals surface area contributed by atoms with Gasteiger partial charge in [0, 0.05) is 17.6 Å². The number of amides is 1. The number of aromatic nitrogens is 4. The maximum atomic E-state index is 11.8. The summed E-state index contributed by atoms with van der Waals surface area (Å²) in [6.07, 6.45) is 1.50. The van der Waals surface area contributed by atoms with E-state index in [0.29, 0.717) is 12.2 Å². The Morgan fingerprint density at radius 2 is 2.25 bits per heavy atom. The van der Waals surface area contributed by atoms with Crippen LogP contribution in [0.3, 0.4) is 0 Å². The van der Waals surface area contributed by atoms with Crippen LogP contribution >= 0.6 is 0 Å². The molecule has 3 N–H and O–H groups in total. The lowest BCUT2D eigenvalue weighted by atomic mass is 10.1. The number of allylic oxidation sites excluding steroid dienone is 1. The number of tetrazole rings is 1. The molecule has 1 amide bonds. The van der Waals surface area contributed by atoms with Gasteiger partial charge in [-0.25, -0.2) is 0 Å². The van der Waals surface area contributed by atoms with Crippen LogP contribution in [-0.2, 0) is 4.79 Å². The quantitative estimate of drug-likeness (QED) is 0.676. The normalized spacial score (nSPS) is 11.2. The van der Waals surface area contributed by atoms with Crippen molar-refractivity contribution in [2.45, 2.75) is 6.92 Å². The molecule has 0 aliphatic carbocycles. The number of benzene rings is 1. The zero-order valence-electron chi connectivity index (χ0n) is 13.7. The summed E-state index contributed by atoms with van der Waals surface area (Å²) in [7, 11) is 3.65. The zero-order valence-corrected chi connectivity index (χ0v) is 13.7. The Kier molecular flexibility index (Phi) is 5.59. The number of aromatic amines is 1. The predicted molar refractivity (Wildman–Crippen MR) is 89.8 cm³/mol. The van der Waals surface area contributed by atoms with E-state index < -0.39 is 0 Å². The lowest BCUT2D eigenvalue weighted by molar-refractivity contribution is -0.116. The van der Waals surface area contributed by atoms with E-state index >= 15 is 0 Å². The third kappa shape index (κ3) is 4.62. The summed E-state index contributed by atoms with van der Waals surface area (Å²) >= 11 is 0. The highest BCUT2D eigenvalue weighted by Crippen LogP contribution is 2.21. The number of nitriles is 1. The van der Waals surface area contributed by atoms with E-state index in [4.69, 9.17) is 5.26 Å². The van der Waals surface area contributed by atoms with Crippen molar-refractivity contribution in [3.8, 4) is 6.07 Å². The predicted octanol–water partition coefficient (Wildman–Crippen LogP) is 0.985. The molecule has 0 unspecified atom stereocenters. The molecule has 0 spiro atoms. The molecular weight excluding hydrogens is 308 g/mol. The highest BCUT2D eigenvalue weighted by molar-refractivity contribution is 5.92. The van der Waals surface area contributed by atoms with Gasteiger partial charge in [0.15, 0.2) is 0 Å². The number of H-pyrrole nitrogens is 1. The first-order chi connectivity index (χ1) is 11.5. The highest BCUT2D eigenvalue weighted by atomic mass is 16.2. The number of rotatable bonds is 6. The van der Waals surface area contributed by atoms with Gasteiger partial charge in [-0.3, -0.25) is 4.79 Å². The molecule has 0 saturated carbocycles. The molecule has 0 saturated heterocycles. The molecule has 1 aromatic heterocycles. The Morgan fingerprint density at radius 1 is 1.46 bits per heavy atom. The van der Waals surface area contributed by atoms with E-state index in [1.165, 1.54) is 6.20 Å². The fourth-order valence-electron chi connectivity index (χ4n) is 1.92. The average Bonchev–Trinajstić information content (AvgIpc) is 3.04. The third-order valence-corrected chi connectivity index (χ3v) is 3.06. The molecule has 0 atom stereocenters. The maximum absolute atomic E-state index is 11.8. The summed E-state index contributed by atoms with van der Waals surface area (Å²) < 4.78 is 0. The molecule has 0 bridgehead atoms. The molecule has 1 aromatic carbocycles. The number of anilines is 2. The molecule has 1 heterocycles. The highest BCUT2D eigenvalue weighted by Gasteiger charge is 2.08. The molecule has 0 radical (unpaired) electrons. The number of hydrogen-bond acceptors (Lipinski definition) is 7. The Morgan fingerprint density at radius 3 is 2.88 bits per heavy atom. The number of carbonyl (C=O) groups excluding carboxylic acids is 1. The first kappa shape index (κ1) is 17.1.